The number of aromatic nitrogens is 2. The minimum Gasteiger partial charge on any atom is -0.369 e. The van der Waals surface area contributed by atoms with Crippen molar-refractivity contribution in [2.75, 3.05) is 11.9 Å². The Morgan fingerprint density at radius 2 is 2.10 bits per heavy atom. The van der Waals surface area contributed by atoms with E-state index in [1.54, 1.807) is 17.4 Å². The number of nitrogens with zero attached hydrogens (tertiary/aromatic N) is 2. The topological polar surface area (TPSA) is 37.8 Å². The molecular formula is C15H13Cl2N3S. The van der Waals surface area contributed by atoms with E-state index in [9.17, 15) is 0 Å². The summed E-state index contributed by atoms with van der Waals surface area (Å²) in [6, 6.07) is 5.55. The number of rotatable bonds is 4. The van der Waals surface area contributed by atoms with E-state index in [2.05, 4.69) is 22.2 Å². The van der Waals surface area contributed by atoms with E-state index in [1.807, 2.05) is 22.9 Å². The summed E-state index contributed by atoms with van der Waals surface area (Å²) in [5.74, 6) is 1.44. The van der Waals surface area contributed by atoms with Crippen molar-refractivity contribution in [3.05, 3.63) is 39.0 Å². The van der Waals surface area contributed by atoms with Crippen LogP contribution in [0, 0.1) is 0 Å². The normalized spacial score (nSPS) is 11.0. The largest absolute Gasteiger partial charge is 0.369 e. The van der Waals surface area contributed by atoms with Gasteiger partial charge < -0.3 is 5.32 Å². The number of fused-ring (bicyclic) bond motifs is 1. The van der Waals surface area contributed by atoms with Crippen molar-refractivity contribution in [1.82, 2.24) is 9.97 Å². The van der Waals surface area contributed by atoms with Crippen molar-refractivity contribution in [3.8, 4) is 11.4 Å². The predicted molar refractivity (Wildman–Crippen MR) is 91.7 cm³/mol. The highest BCUT2D eigenvalue weighted by molar-refractivity contribution is 7.08. The first-order valence-corrected chi connectivity index (χ1v) is 8.32. The van der Waals surface area contributed by atoms with Crippen LogP contribution < -0.4 is 5.32 Å². The summed E-state index contributed by atoms with van der Waals surface area (Å²) in [6.07, 6.45) is 1.01. The Morgan fingerprint density at radius 1 is 1.24 bits per heavy atom. The molecule has 0 fully saturated rings. The van der Waals surface area contributed by atoms with Gasteiger partial charge in [0, 0.05) is 27.9 Å². The third-order valence-electron chi connectivity index (χ3n) is 3.04. The lowest BCUT2D eigenvalue weighted by Gasteiger charge is -2.11. The molecular weight excluding hydrogens is 325 g/mol. The molecule has 0 saturated carbocycles. The fourth-order valence-electron chi connectivity index (χ4n) is 2.06. The first kappa shape index (κ1) is 14.6. The second-order valence-electron chi connectivity index (χ2n) is 4.62. The molecule has 2 aromatic heterocycles. The van der Waals surface area contributed by atoms with Crippen molar-refractivity contribution < 1.29 is 0 Å². The van der Waals surface area contributed by atoms with Gasteiger partial charge in [-0.2, -0.15) is 11.3 Å². The van der Waals surface area contributed by atoms with Crippen LogP contribution in [-0.2, 0) is 0 Å². The third-order valence-corrected chi connectivity index (χ3v) is 4.23. The van der Waals surface area contributed by atoms with Crippen LogP contribution in [0.1, 0.15) is 13.3 Å². The van der Waals surface area contributed by atoms with Crippen molar-refractivity contribution in [2.24, 2.45) is 0 Å². The molecule has 2 heterocycles. The molecule has 0 saturated heterocycles. The molecule has 3 aromatic rings. The number of halogens is 2. The number of hydrogen-bond acceptors (Lipinski definition) is 4. The van der Waals surface area contributed by atoms with Gasteiger partial charge in [-0.1, -0.05) is 30.1 Å². The van der Waals surface area contributed by atoms with Crippen LogP contribution in [0.2, 0.25) is 10.0 Å². The van der Waals surface area contributed by atoms with Crippen molar-refractivity contribution in [2.45, 2.75) is 13.3 Å². The van der Waals surface area contributed by atoms with Gasteiger partial charge in [-0.05, 0) is 30.0 Å². The Kier molecular flexibility index (Phi) is 4.29. The first-order chi connectivity index (χ1) is 10.2. The highest BCUT2D eigenvalue weighted by atomic mass is 35.5. The quantitative estimate of drug-likeness (QED) is 0.684. The standard InChI is InChI=1S/C15H13Cl2N3S/c1-2-4-18-15-11-6-10(16)7-12(17)13(11)19-14(20-15)9-3-5-21-8-9/h3,5-8H,2,4H2,1H3,(H,18,19,20). The molecule has 0 amide bonds. The second-order valence-corrected chi connectivity index (χ2v) is 6.24. The maximum atomic E-state index is 6.30. The lowest BCUT2D eigenvalue weighted by atomic mass is 10.2. The molecule has 21 heavy (non-hydrogen) atoms. The summed E-state index contributed by atoms with van der Waals surface area (Å²) in [7, 11) is 0. The van der Waals surface area contributed by atoms with E-state index >= 15 is 0 Å². The first-order valence-electron chi connectivity index (χ1n) is 6.62. The van der Waals surface area contributed by atoms with Crippen LogP contribution in [0.4, 0.5) is 5.82 Å². The van der Waals surface area contributed by atoms with E-state index in [1.165, 1.54) is 0 Å². The predicted octanol–water partition coefficient (Wildman–Crippen LogP) is 5.49. The summed E-state index contributed by atoms with van der Waals surface area (Å²) in [5.41, 5.74) is 1.71. The monoisotopic (exact) mass is 337 g/mol. The smallest absolute Gasteiger partial charge is 0.163 e. The van der Waals surface area contributed by atoms with Crippen molar-refractivity contribution in [1.29, 1.82) is 0 Å². The molecule has 1 N–H and O–H groups in total. The zero-order valence-corrected chi connectivity index (χ0v) is 13.7. The molecule has 3 rings (SSSR count). The van der Waals surface area contributed by atoms with Gasteiger partial charge in [-0.15, -0.1) is 0 Å². The van der Waals surface area contributed by atoms with Crippen LogP contribution in [0.5, 0.6) is 0 Å². The molecule has 0 radical (unpaired) electrons. The minimum absolute atomic E-state index is 0.538. The number of hydrogen-bond donors (Lipinski definition) is 1. The third kappa shape index (κ3) is 2.98. The number of anilines is 1. The SMILES string of the molecule is CCCNc1nc(-c2ccsc2)nc2c(Cl)cc(Cl)cc12. The van der Waals surface area contributed by atoms with Crippen LogP contribution in [0.3, 0.4) is 0 Å². The second kappa shape index (κ2) is 6.18. The van der Waals surface area contributed by atoms with E-state index in [0.717, 1.165) is 35.2 Å². The van der Waals surface area contributed by atoms with E-state index in [0.29, 0.717) is 15.9 Å². The highest BCUT2D eigenvalue weighted by Crippen LogP contribution is 2.32. The molecule has 0 atom stereocenters. The maximum Gasteiger partial charge on any atom is 0.163 e. The molecule has 0 unspecified atom stereocenters. The maximum absolute atomic E-state index is 6.30. The molecule has 0 aliphatic heterocycles. The van der Waals surface area contributed by atoms with Gasteiger partial charge in [0.2, 0.25) is 0 Å². The molecule has 6 heteroatoms. The number of nitrogens with one attached hydrogen (secondary N) is 1. The van der Waals surface area contributed by atoms with Crippen LogP contribution in [-0.4, -0.2) is 16.5 Å². The molecule has 3 nitrogen and oxygen atoms in total. The van der Waals surface area contributed by atoms with E-state index in [-0.39, 0.29) is 0 Å². The van der Waals surface area contributed by atoms with Gasteiger partial charge in [0.15, 0.2) is 5.82 Å². The molecule has 0 spiro atoms. The molecule has 0 aliphatic carbocycles. The lowest BCUT2D eigenvalue weighted by Crippen LogP contribution is -2.04. The number of thiophene rings is 1. The van der Waals surface area contributed by atoms with Gasteiger partial charge >= 0.3 is 0 Å². The summed E-state index contributed by atoms with van der Waals surface area (Å²) in [4.78, 5) is 9.22. The van der Waals surface area contributed by atoms with Crippen LogP contribution >= 0.6 is 34.5 Å². The Labute approximate surface area is 137 Å². The van der Waals surface area contributed by atoms with Gasteiger partial charge in [-0.25, -0.2) is 9.97 Å². The van der Waals surface area contributed by atoms with Crippen molar-refractivity contribution >= 4 is 51.3 Å². The summed E-state index contributed by atoms with van der Waals surface area (Å²) < 4.78 is 0. The minimum atomic E-state index is 0.538. The highest BCUT2D eigenvalue weighted by Gasteiger charge is 2.13. The van der Waals surface area contributed by atoms with Gasteiger partial charge in [-0.3, -0.25) is 0 Å². The van der Waals surface area contributed by atoms with E-state index in [4.69, 9.17) is 23.2 Å². The summed E-state index contributed by atoms with van der Waals surface area (Å²) in [5, 5.41) is 9.32. The molecule has 0 aliphatic rings. The Hall–Kier alpha value is -1.36. The fraction of sp³-hybridized carbons (Fsp3) is 0.200. The Bertz CT molecular complexity index is 772. The summed E-state index contributed by atoms with van der Waals surface area (Å²) in [6.45, 7) is 2.94. The lowest BCUT2D eigenvalue weighted by molar-refractivity contribution is 0.970. The molecule has 108 valence electrons. The van der Waals surface area contributed by atoms with Gasteiger partial charge in [0.25, 0.3) is 0 Å². The van der Waals surface area contributed by atoms with Gasteiger partial charge in [0.05, 0.1) is 10.5 Å². The zero-order valence-electron chi connectivity index (χ0n) is 11.4. The summed E-state index contributed by atoms with van der Waals surface area (Å²) >= 11 is 14.0. The molecule has 1 aromatic carbocycles. The van der Waals surface area contributed by atoms with Gasteiger partial charge in [0.1, 0.15) is 5.82 Å². The van der Waals surface area contributed by atoms with E-state index < -0.39 is 0 Å². The Morgan fingerprint density at radius 3 is 2.81 bits per heavy atom. The zero-order chi connectivity index (χ0) is 14.8. The number of benzene rings is 1. The average Bonchev–Trinajstić information content (AvgIpc) is 2.99. The van der Waals surface area contributed by atoms with Crippen LogP contribution in [0.25, 0.3) is 22.3 Å². The Balaban J connectivity index is 2.24. The molecule has 0 bridgehead atoms. The van der Waals surface area contributed by atoms with Crippen LogP contribution in [0.15, 0.2) is 29.0 Å². The average molecular weight is 338 g/mol. The fourth-order valence-corrected chi connectivity index (χ4v) is 3.23. The van der Waals surface area contributed by atoms with Crippen molar-refractivity contribution in [3.63, 3.8) is 0 Å².